The monoisotopic (exact) mass is 258 g/mol. The summed E-state index contributed by atoms with van der Waals surface area (Å²) in [5, 5.41) is 0. The number of carbonyl (C=O) groups excluding carboxylic acids is 1. The molecule has 5 heteroatoms. The van der Waals surface area contributed by atoms with E-state index in [0.717, 1.165) is 12.1 Å². The van der Waals surface area contributed by atoms with Crippen LogP contribution in [0.25, 0.3) is 0 Å². The number of ether oxygens (including phenoxy) is 1. The van der Waals surface area contributed by atoms with Crippen LogP contribution in [0.15, 0.2) is 24.3 Å². The first kappa shape index (κ1) is 13.1. The lowest BCUT2D eigenvalue weighted by molar-refractivity contribution is -0.137. The minimum absolute atomic E-state index is 0.0345. The highest BCUT2D eigenvalue weighted by Gasteiger charge is 2.30. The number of carbonyl (C=O) groups is 1. The van der Waals surface area contributed by atoms with Crippen LogP contribution in [0.4, 0.5) is 13.2 Å². The van der Waals surface area contributed by atoms with Gasteiger partial charge in [0, 0.05) is 18.9 Å². The molecule has 2 rings (SSSR count). The molecule has 0 aromatic heterocycles. The van der Waals surface area contributed by atoms with Gasteiger partial charge in [0.25, 0.3) is 0 Å². The molecule has 1 aromatic rings. The van der Waals surface area contributed by atoms with Gasteiger partial charge in [0.2, 0.25) is 0 Å². The molecule has 0 amide bonds. The van der Waals surface area contributed by atoms with Crippen LogP contribution < -0.4 is 0 Å². The van der Waals surface area contributed by atoms with E-state index in [1.165, 1.54) is 12.1 Å². The molecular weight excluding hydrogens is 245 g/mol. The van der Waals surface area contributed by atoms with Crippen LogP contribution in [0.2, 0.25) is 0 Å². The second-order valence-corrected chi connectivity index (χ2v) is 4.40. The minimum atomic E-state index is -4.33. The molecule has 0 radical (unpaired) electrons. The van der Waals surface area contributed by atoms with Crippen molar-refractivity contribution in [2.75, 3.05) is 13.2 Å². The first-order chi connectivity index (χ1) is 8.47. The normalized spacial score (nSPS) is 20.1. The van der Waals surface area contributed by atoms with E-state index in [2.05, 4.69) is 0 Å². The largest absolute Gasteiger partial charge is 0.416 e. The lowest BCUT2D eigenvalue weighted by Gasteiger charge is -2.09. The van der Waals surface area contributed by atoms with Gasteiger partial charge >= 0.3 is 6.18 Å². The Morgan fingerprint density at radius 2 is 1.94 bits per heavy atom. The Morgan fingerprint density at radius 3 is 2.44 bits per heavy atom. The molecule has 0 saturated carbocycles. The molecule has 0 N–H and O–H groups in total. The Balaban J connectivity index is 2.00. The van der Waals surface area contributed by atoms with Crippen molar-refractivity contribution in [3.63, 3.8) is 0 Å². The highest BCUT2D eigenvalue weighted by molar-refractivity contribution is 5.83. The van der Waals surface area contributed by atoms with Crippen LogP contribution >= 0.6 is 0 Å². The molecule has 1 unspecified atom stereocenters. The number of hydrogen-bond acceptors (Lipinski definition) is 2. The number of alkyl halides is 3. The minimum Gasteiger partial charge on any atom is -0.381 e. The fraction of sp³-hybridized carbons (Fsp3) is 0.462. The third kappa shape index (κ3) is 3.10. The van der Waals surface area contributed by atoms with Gasteiger partial charge in [-0.1, -0.05) is 12.1 Å². The summed E-state index contributed by atoms with van der Waals surface area (Å²) < 4.78 is 42.1. The van der Waals surface area contributed by atoms with E-state index in [1.54, 1.807) is 0 Å². The Bertz CT molecular complexity index is 417. The van der Waals surface area contributed by atoms with E-state index in [4.69, 9.17) is 4.74 Å². The number of hydrogen-bond donors (Lipinski definition) is 0. The molecule has 2 nitrogen and oxygen atoms in total. The highest BCUT2D eigenvalue weighted by Crippen LogP contribution is 2.29. The molecule has 1 aliphatic heterocycles. The smallest absolute Gasteiger partial charge is 0.381 e. The van der Waals surface area contributed by atoms with Gasteiger partial charge < -0.3 is 4.74 Å². The molecule has 0 bridgehead atoms. The highest BCUT2D eigenvalue weighted by atomic mass is 19.4. The number of rotatable bonds is 3. The lowest BCUT2D eigenvalue weighted by atomic mass is 9.97. The van der Waals surface area contributed by atoms with Gasteiger partial charge in [0.05, 0.1) is 12.2 Å². The zero-order valence-corrected chi connectivity index (χ0v) is 9.67. The predicted molar refractivity (Wildman–Crippen MR) is 59.1 cm³/mol. The zero-order valence-electron chi connectivity index (χ0n) is 9.67. The van der Waals surface area contributed by atoms with Gasteiger partial charge in [-0.15, -0.1) is 0 Å². The van der Waals surface area contributed by atoms with Gasteiger partial charge in [0.15, 0.2) is 0 Å². The van der Waals surface area contributed by atoms with Crippen molar-refractivity contribution in [3.8, 4) is 0 Å². The topological polar surface area (TPSA) is 26.3 Å². The van der Waals surface area contributed by atoms with Crippen LogP contribution in [-0.4, -0.2) is 19.0 Å². The first-order valence-electron chi connectivity index (χ1n) is 5.73. The van der Waals surface area contributed by atoms with Crippen LogP contribution in [0.5, 0.6) is 0 Å². The van der Waals surface area contributed by atoms with E-state index in [-0.39, 0.29) is 18.1 Å². The zero-order chi connectivity index (χ0) is 13.2. The molecule has 18 heavy (non-hydrogen) atoms. The predicted octanol–water partition coefficient (Wildman–Crippen LogP) is 2.85. The standard InChI is InChI=1S/C13H13F3O2/c14-13(15,16)11-3-1-9(2-4-11)7-12(17)10-5-6-18-8-10/h1-4,10H,5-8H2. The number of benzene rings is 1. The van der Waals surface area contributed by atoms with Crippen LogP contribution in [-0.2, 0) is 22.1 Å². The SMILES string of the molecule is O=C(Cc1ccc(C(F)(F)F)cc1)C1CCOC1. The van der Waals surface area contributed by atoms with Gasteiger partial charge in [-0.25, -0.2) is 0 Å². The quantitative estimate of drug-likeness (QED) is 0.833. The Kier molecular flexibility index (Phi) is 3.71. The van der Waals surface area contributed by atoms with E-state index < -0.39 is 11.7 Å². The molecule has 1 fully saturated rings. The average molecular weight is 258 g/mol. The van der Waals surface area contributed by atoms with E-state index in [1.807, 2.05) is 0 Å². The van der Waals surface area contributed by atoms with Crippen molar-refractivity contribution in [1.29, 1.82) is 0 Å². The van der Waals surface area contributed by atoms with Crippen LogP contribution in [0.1, 0.15) is 17.5 Å². The van der Waals surface area contributed by atoms with Crippen molar-refractivity contribution in [1.82, 2.24) is 0 Å². The molecule has 0 aliphatic carbocycles. The van der Waals surface area contributed by atoms with Crippen LogP contribution in [0, 0.1) is 5.92 Å². The van der Waals surface area contributed by atoms with Crippen molar-refractivity contribution >= 4 is 5.78 Å². The van der Waals surface area contributed by atoms with E-state index in [9.17, 15) is 18.0 Å². The van der Waals surface area contributed by atoms with Gasteiger partial charge in [0.1, 0.15) is 5.78 Å². The van der Waals surface area contributed by atoms with Crippen molar-refractivity contribution in [2.24, 2.45) is 5.92 Å². The molecule has 98 valence electrons. The third-order valence-electron chi connectivity index (χ3n) is 3.04. The molecular formula is C13H13F3O2. The molecule has 1 saturated heterocycles. The summed E-state index contributed by atoms with van der Waals surface area (Å²) >= 11 is 0. The summed E-state index contributed by atoms with van der Waals surface area (Å²) in [6.07, 6.45) is -3.45. The fourth-order valence-corrected chi connectivity index (χ4v) is 1.95. The summed E-state index contributed by atoms with van der Waals surface area (Å²) in [5.74, 6) is -0.0699. The molecule has 1 aromatic carbocycles. The second-order valence-electron chi connectivity index (χ2n) is 4.40. The van der Waals surface area contributed by atoms with Gasteiger partial charge in [-0.3, -0.25) is 4.79 Å². The maximum absolute atomic E-state index is 12.3. The van der Waals surface area contributed by atoms with Gasteiger partial charge in [-0.05, 0) is 24.1 Å². The molecule has 0 spiro atoms. The average Bonchev–Trinajstić information content (AvgIpc) is 2.82. The Hall–Kier alpha value is -1.36. The van der Waals surface area contributed by atoms with Crippen molar-refractivity contribution in [3.05, 3.63) is 35.4 Å². The van der Waals surface area contributed by atoms with Crippen molar-refractivity contribution in [2.45, 2.75) is 19.0 Å². The third-order valence-corrected chi connectivity index (χ3v) is 3.04. The molecule has 1 atom stereocenters. The summed E-state index contributed by atoms with van der Waals surface area (Å²) in [4.78, 5) is 11.8. The summed E-state index contributed by atoms with van der Waals surface area (Å²) in [6, 6.07) is 4.73. The number of halogens is 3. The number of ketones is 1. The summed E-state index contributed by atoms with van der Waals surface area (Å²) in [5.41, 5.74) is -0.0807. The van der Waals surface area contributed by atoms with Crippen LogP contribution in [0.3, 0.4) is 0 Å². The van der Waals surface area contributed by atoms with Gasteiger partial charge in [-0.2, -0.15) is 13.2 Å². The second kappa shape index (κ2) is 5.10. The van der Waals surface area contributed by atoms with E-state index in [0.29, 0.717) is 25.2 Å². The first-order valence-corrected chi connectivity index (χ1v) is 5.73. The molecule has 1 heterocycles. The van der Waals surface area contributed by atoms with Crippen molar-refractivity contribution < 1.29 is 22.7 Å². The Morgan fingerprint density at radius 1 is 1.28 bits per heavy atom. The summed E-state index contributed by atoms with van der Waals surface area (Å²) in [7, 11) is 0. The lowest BCUT2D eigenvalue weighted by Crippen LogP contribution is -2.16. The maximum Gasteiger partial charge on any atom is 0.416 e. The Labute approximate surface area is 103 Å². The van der Waals surface area contributed by atoms with E-state index >= 15 is 0 Å². The fourth-order valence-electron chi connectivity index (χ4n) is 1.95. The maximum atomic E-state index is 12.3. The molecule has 1 aliphatic rings. The number of Topliss-reactive ketones (excluding diaryl/α,β-unsaturated/α-hetero) is 1. The summed E-state index contributed by atoms with van der Waals surface area (Å²) in [6.45, 7) is 1.02.